The van der Waals surface area contributed by atoms with Gasteiger partial charge in [-0.25, -0.2) is 4.79 Å². The summed E-state index contributed by atoms with van der Waals surface area (Å²) in [5, 5.41) is 7.12. The molecule has 0 spiro atoms. The molecule has 0 saturated carbocycles. The van der Waals surface area contributed by atoms with E-state index in [0.29, 0.717) is 18.3 Å². The molecule has 26 heavy (non-hydrogen) atoms. The number of methoxy groups -OCH3 is 1. The minimum Gasteiger partial charge on any atom is -0.475 e. The minimum atomic E-state index is -5.08. The van der Waals surface area contributed by atoms with Gasteiger partial charge in [0.1, 0.15) is 0 Å². The molecule has 0 aromatic carbocycles. The molecular weight excluding hydrogens is 357 g/mol. The highest BCUT2D eigenvalue weighted by Gasteiger charge is 2.44. The molecule has 0 bridgehead atoms. The number of carboxylic acids is 1. The second kappa shape index (κ2) is 10.1. The van der Waals surface area contributed by atoms with Crippen LogP contribution in [0.5, 0.6) is 0 Å². The first-order chi connectivity index (χ1) is 12.1. The van der Waals surface area contributed by atoms with E-state index < -0.39 is 12.1 Å². The van der Waals surface area contributed by atoms with Gasteiger partial charge in [-0.2, -0.15) is 13.2 Å². The Morgan fingerprint density at radius 2 is 1.92 bits per heavy atom. The molecule has 2 saturated heterocycles. The van der Waals surface area contributed by atoms with Gasteiger partial charge in [-0.3, -0.25) is 4.79 Å². The van der Waals surface area contributed by atoms with Crippen LogP contribution in [0.15, 0.2) is 0 Å². The Kier molecular flexibility index (Phi) is 8.78. The second-order valence-electron chi connectivity index (χ2n) is 6.73. The van der Waals surface area contributed by atoms with E-state index in [9.17, 15) is 18.0 Å². The van der Waals surface area contributed by atoms with Crippen LogP contribution in [0.2, 0.25) is 0 Å². The van der Waals surface area contributed by atoms with Gasteiger partial charge in [0.2, 0.25) is 5.91 Å². The molecule has 2 fully saturated rings. The van der Waals surface area contributed by atoms with Crippen LogP contribution in [-0.4, -0.2) is 93.1 Å². The summed E-state index contributed by atoms with van der Waals surface area (Å²) in [7, 11) is 5.73. The summed E-state index contributed by atoms with van der Waals surface area (Å²) in [6.07, 6.45) is -3.18. The van der Waals surface area contributed by atoms with E-state index in [4.69, 9.17) is 19.4 Å². The van der Waals surface area contributed by atoms with Crippen molar-refractivity contribution in [2.45, 2.75) is 25.1 Å². The van der Waals surface area contributed by atoms with Gasteiger partial charge in [0.25, 0.3) is 0 Å². The maximum Gasteiger partial charge on any atom is 0.490 e. The Morgan fingerprint density at radius 3 is 2.42 bits per heavy atom. The second-order valence-corrected chi connectivity index (χ2v) is 6.73. The number of alkyl halides is 3. The summed E-state index contributed by atoms with van der Waals surface area (Å²) in [4.78, 5) is 25.0. The minimum absolute atomic E-state index is 0.255. The average molecular weight is 384 g/mol. The zero-order chi connectivity index (χ0) is 19.9. The van der Waals surface area contributed by atoms with Crippen molar-refractivity contribution in [3.8, 4) is 0 Å². The van der Waals surface area contributed by atoms with Crippen LogP contribution in [0, 0.1) is 11.8 Å². The molecule has 1 N–H and O–H groups in total. The van der Waals surface area contributed by atoms with Crippen LogP contribution in [-0.2, 0) is 19.1 Å². The molecule has 3 atom stereocenters. The molecule has 2 heterocycles. The summed E-state index contributed by atoms with van der Waals surface area (Å²) in [5.41, 5.74) is 0. The van der Waals surface area contributed by atoms with Gasteiger partial charge in [0.15, 0.2) is 0 Å². The standard InChI is InChI=1S/C14H26N2O3.C2HF3O2/c1-15(2)6-4-14(17)16-8-12-11(5-7-18-3)10-19-13(12)9-16;3-2(4,5)1(6)7/h11-13H,4-10H2,1-3H3;(H,6,7)/t11-,12-,13-;/m0./s1. The van der Waals surface area contributed by atoms with Crippen LogP contribution in [0.4, 0.5) is 13.2 Å². The fourth-order valence-corrected chi connectivity index (χ4v) is 3.05. The molecule has 0 radical (unpaired) electrons. The zero-order valence-electron chi connectivity index (χ0n) is 15.3. The van der Waals surface area contributed by atoms with E-state index in [2.05, 4.69) is 0 Å². The number of hydrogen-bond donors (Lipinski definition) is 1. The van der Waals surface area contributed by atoms with Crippen LogP contribution < -0.4 is 0 Å². The Balaban J connectivity index is 0.000000412. The smallest absolute Gasteiger partial charge is 0.475 e. The molecule has 10 heteroatoms. The molecule has 152 valence electrons. The monoisotopic (exact) mass is 384 g/mol. The number of ether oxygens (including phenoxy) is 2. The van der Waals surface area contributed by atoms with Crippen molar-refractivity contribution >= 4 is 11.9 Å². The van der Waals surface area contributed by atoms with Gasteiger partial charge >= 0.3 is 12.1 Å². The van der Waals surface area contributed by atoms with Crippen molar-refractivity contribution in [3.63, 3.8) is 0 Å². The lowest BCUT2D eigenvalue weighted by Gasteiger charge is -2.20. The third-order valence-electron chi connectivity index (χ3n) is 4.50. The summed E-state index contributed by atoms with van der Waals surface area (Å²) in [6, 6.07) is 0. The van der Waals surface area contributed by atoms with Gasteiger partial charge in [-0.05, 0) is 26.4 Å². The SMILES string of the molecule is COCC[C@H]1CO[C@H]2CN(C(=O)CCN(C)C)C[C@@H]12.O=C(O)C(F)(F)F. The first-order valence-corrected chi connectivity index (χ1v) is 8.39. The number of carboxylic acid groups (broad SMARTS) is 1. The first kappa shape index (κ1) is 22.7. The summed E-state index contributed by atoms with van der Waals surface area (Å²) in [6.45, 7) is 4.08. The molecule has 0 unspecified atom stereocenters. The number of fused-ring (bicyclic) bond motifs is 1. The zero-order valence-corrected chi connectivity index (χ0v) is 15.3. The van der Waals surface area contributed by atoms with Crippen molar-refractivity contribution in [2.24, 2.45) is 11.8 Å². The van der Waals surface area contributed by atoms with Crippen molar-refractivity contribution in [2.75, 3.05) is 54.1 Å². The number of carbonyl (C=O) groups excluding carboxylic acids is 1. The fraction of sp³-hybridized carbons (Fsp3) is 0.875. The highest BCUT2D eigenvalue weighted by Crippen LogP contribution is 2.35. The molecule has 2 aliphatic rings. The fourth-order valence-electron chi connectivity index (χ4n) is 3.05. The molecule has 0 aromatic heterocycles. The Labute approximate surface area is 151 Å². The Hall–Kier alpha value is -1.39. The third kappa shape index (κ3) is 7.08. The third-order valence-corrected chi connectivity index (χ3v) is 4.50. The first-order valence-electron chi connectivity index (χ1n) is 8.39. The molecule has 1 amide bonds. The van der Waals surface area contributed by atoms with Gasteiger partial charge in [-0.1, -0.05) is 0 Å². The lowest BCUT2D eigenvalue weighted by Crippen LogP contribution is -2.33. The topological polar surface area (TPSA) is 79.3 Å². The van der Waals surface area contributed by atoms with E-state index in [0.717, 1.165) is 39.3 Å². The normalized spacial score (nSPS) is 25.0. The van der Waals surface area contributed by atoms with E-state index in [1.807, 2.05) is 23.9 Å². The molecular formula is C16H27F3N2O5. The molecule has 2 aliphatic heterocycles. The van der Waals surface area contributed by atoms with E-state index in [1.54, 1.807) is 7.11 Å². The van der Waals surface area contributed by atoms with Crippen LogP contribution in [0.25, 0.3) is 0 Å². The molecule has 2 rings (SSSR count). The average Bonchev–Trinajstić information content (AvgIpc) is 3.11. The summed E-state index contributed by atoms with van der Waals surface area (Å²) < 4.78 is 42.7. The lowest BCUT2D eigenvalue weighted by molar-refractivity contribution is -0.192. The van der Waals surface area contributed by atoms with E-state index >= 15 is 0 Å². The number of aliphatic carboxylic acids is 1. The van der Waals surface area contributed by atoms with Gasteiger partial charge < -0.3 is 24.4 Å². The van der Waals surface area contributed by atoms with Crippen molar-refractivity contribution in [1.82, 2.24) is 9.80 Å². The van der Waals surface area contributed by atoms with Gasteiger partial charge in [0.05, 0.1) is 12.7 Å². The number of hydrogen-bond acceptors (Lipinski definition) is 5. The highest BCUT2D eigenvalue weighted by atomic mass is 19.4. The predicted octanol–water partition coefficient (Wildman–Crippen LogP) is 1.08. The van der Waals surface area contributed by atoms with Crippen LogP contribution >= 0.6 is 0 Å². The number of halogens is 3. The Bertz CT molecular complexity index is 473. The maximum atomic E-state index is 12.1. The molecule has 7 nitrogen and oxygen atoms in total. The Morgan fingerprint density at radius 1 is 1.31 bits per heavy atom. The van der Waals surface area contributed by atoms with Crippen molar-refractivity contribution in [1.29, 1.82) is 0 Å². The predicted molar refractivity (Wildman–Crippen MR) is 86.7 cm³/mol. The van der Waals surface area contributed by atoms with E-state index in [1.165, 1.54) is 0 Å². The summed E-state index contributed by atoms with van der Waals surface area (Å²) in [5.74, 6) is -1.43. The van der Waals surface area contributed by atoms with Crippen molar-refractivity contribution in [3.05, 3.63) is 0 Å². The molecule has 0 aliphatic carbocycles. The van der Waals surface area contributed by atoms with Crippen molar-refractivity contribution < 1.29 is 37.3 Å². The van der Waals surface area contributed by atoms with Crippen LogP contribution in [0.1, 0.15) is 12.8 Å². The number of carbonyl (C=O) groups is 2. The van der Waals surface area contributed by atoms with E-state index in [-0.39, 0.29) is 12.0 Å². The number of likely N-dealkylation sites (tertiary alicyclic amines) is 1. The summed E-state index contributed by atoms with van der Waals surface area (Å²) >= 11 is 0. The number of nitrogens with zero attached hydrogens (tertiary/aromatic N) is 2. The van der Waals surface area contributed by atoms with Crippen LogP contribution in [0.3, 0.4) is 0 Å². The molecule has 0 aromatic rings. The van der Waals surface area contributed by atoms with Gasteiger partial charge in [-0.15, -0.1) is 0 Å². The maximum absolute atomic E-state index is 12.1. The number of rotatable bonds is 6. The van der Waals surface area contributed by atoms with Gasteiger partial charge in [0, 0.05) is 45.7 Å². The highest BCUT2D eigenvalue weighted by molar-refractivity contribution is 5.76. The quantitative estimate of drug-likeness (QED) is 0.738. The lowest BCUT2D eigenvalue weighted by atomic mass is 9.91. The largest absolute Gasteiger partial charge is 0.490 e. The number of amides is 1.